The van der Waals surface area contributed by atoms with Gasteiger partial charge >= 0.3 is 0 Å². The highest BCUT2D eigenvalue weighted by Gasteiger charge is 2.03. The van der Waals surface area contributed by atoms with Crippen LogP contribution in [-0.4, -0.2) is 11.9 Å². The summed E-state index contributed by atoms with van der Waals surface area (Å²) in [4.78, 5) is 11.5. The lowest BCUT2D eigenvalue weighted by Crippen LogP contribution is -2.16. The minimum atomic E-state index is -0.0182. The first kappa shape index (κ1) is 13.2. The van der Waals surface area contributed by atoms with Crippen LogP contribution in [0.3, 0.4) is 0 Å². The van der Waals surface area contributed by atoms with Gasteiger partial charge < -0.3 is 11.1 Å². The second kappa shape index (κ2) is 6.66. The fraction of sp³-hybridized carbons (Fsp3) is 0.385. The zero-order valence-corrected chi connectivity index (χ0v) is 9.94. The van der Waals surface area contributed by atoms with Gasteiger partial charge in [-0.05, 0) is 44.0 Å². The zero-order chi connectivity index (χ0) is 12.7. The van der Waals surface area contributed by atoms with Gasteiger partial charge in [-0.25, -0.2) is 0 Å². The first-order valence-corrected chi connectivity index (χ1v) is 5.67. The van der Waals surface area contributed by atoms with Crippen LogP contribution in [-0.2, 0) is 4.79 Å². The predicted molar refractivity (Wildman–Crippen MR) is 67.3 cm³/mol. The second-order valence-corrected chi connectivity index (χ2v) is 4.11. The largest absolute Gasteiger partial charge is 0.328 e. The number of benzene rings is 1. The van der Waals surface area contributed by atoms with Crippen LogP contribution in [0.15, 0.2) is 24.3 Å². The number of nitrogens with two attached hydrogens (primary N) is 1. The van der Waals surface area contributed by atoms with Crippen LogP contribution < -0.4 is 11.1 Å². The Morgan fingerprint density at radius 3 is 2.65 bits per heavy atom. The van der Waals surface area contributed by atoms with Crippen molar-refractivity contribution in [1.82, 2.24) is 0 Å². The van der Waals surface area contributed by atoms with Gasteiger partial charge in [-0.2, -0.15) is 5.26 Å². The van der Waals surface area contributed by atoms with Crippen molar-refractivity contribution < 1.29 is 4.79 Å². The molecule has 0 bridgehead atoms. The number of nitrogens with one attached hydrogen (secondary N) is 1. The summed E-state index contributed by atoms with van der Waals surface area (Å²) in [7, 11) is 0. The first-order chi connectivity index (χ1) is 8.11. The molecule has 0 fully saturated rings. The summed E-state index contributed by atoms with van der Waals surface area (Å²) in [6, 6.07) is 8.97. The lowest BCUT2D eigenvalue weighted by molar-refractivity contribution is -0.116. The van der Waals surface area contributed by atoms with Gasteiger partial charge in [-0.1, -0.05) is 0 Å². The SMILES string of the molecule is CC(N)CCCC(=O)Nc1ccc(C#N)cc1. The molecule has 0 aliphatic rings. The normalized spacial score (nSPS) is 11.6. The van der Waals surface area contributed by atoms with Crippen molar-refractivity contribution in [2.45, 2.75) is 32.2 Å². The van der Waals surface area contributed by atoms with Crippen molar-refractivity contribution in [2.75, 3.05) is 5.32 Å². The van der Waals surface area contributed by atoms with E-state index < -0.39 is 0 Å². The number of carbonyl (C=O) groups excluding carboxylic acids is 1. The summed E-state index contributed by atoms with van der Waals surface area (Å²) in [5, 5.41) is 11.4. The Labute approximate surface area is 101 Å². The van der Waals surface area contributed by atoms with Crippen LogP contribution in [0.2, 0.25) is 0 Å². The average Bonchev–Trinajstić information content (AvgIpc) is 2.29. The van der Waals surface area contributed by atoms with Crippen molar-refractivity contribution in [3.05, 3.63) is 29.8 Å². The summed E-state index contributed by atoms with van der Waals surface area (Å²) in [6.07, 6.45) is 2.11. The Morgan fingerprint density at radius 2 is 2.12 bits per heavy atom. The topological polar surface area (TPSA) is 78.9 Å². The molecular weight excluding hydrogens is 214 g/mol. The highest BCUT2D eigenvalue weighted by atomic mass is 16.1. The molecule has 4 nitrogen and oxygen atoms in total. The number of rotatable bonds is 5. The molecule has 0 aromatic heterocycles. The molecule has 17 heavy (non-hydrogen) atoms. The number of hydrogen-bond acceptors (Lipinski definition) is 3. The number of nitrogens with zero attached hydrogens (tertiary/aromatic N) is 1. The molecule has 1 aromatic rings. The maximum absolute atomic E-state index is 11.5. The van der Waals surface area contributed by atoms with Crippen molar-refractivity contribution in [3.63, 3.8) is 0 Å². The molecular formula is C13H17N3O. The molecule has 1 atom stereocenters. The van der Waals surface area contributed by atoms with E-state index in [0.29, 0.717) is 12.0 Å². The van der Waals surface area contributed by atoms with Gasteiger partial charge in [0.25, 0.3) is 0 Å². The summed E-state index contributed by atoms with van der Waals surface area (Å²) < 4.78 is 0. The highest BCUT2D eigenvalue weighted by molar-refractivity contribution is 5.90. The predicted octanol–water partition coefficient (Wildman–Crippen LogP) is 2.01. The van der Waals surface area contributed by atoms with E-state index >= 15 is 0 Å². The van der Waals surface area contributed by atoms with Gasteiger partial charge in [0.2, 0.25) is 5.91 Å². The third-order valence-electron chi connectivity index (χ3n) is 2.36. The smallest absolute Gasteiger partial charge is 0.224 e. The van der Waals surface area contributed by atoms with Gasteiger partial charge in [0.15, 0.2) is 0 Å². The van der Waals surface area contributed by atoms with Crippen molar-refractivity contribution in [3.8, 4) is 6.07 Å². The summed E-state index contributed by atoms with van der Waals surface area (Å²) >= 11 is 0. The molecule has 1 unspecified atom stereocenters. The molecule has 0 aliphatic heterocycles. The quantitative estimate of drug-likeness (QED) is 0.813. The van der Waals surface area contributed by atoms with Crippen LogP contribution in [0.5, 0.6) is 0 Å². The van der Waals surface area contributed by atoms with Gasteiger partial charge in [-0.15, -0.1) is 0 Å². The second-order valence-electron chi connectivity index (χ2n) is 4.11. The number of hydrogen-bond donors (Lipinski definition) is 2. The summed E-state index contributed by atoms with van der Waals surface area (Å²) in [6.45, 7) is 1.93. The van der Waals surface area contributed by atoms with Crippen LogP contribution in [0.25, 0.3) is 0 Å². The molecule has 1 aromatic carbocycles. The summed E-state index contributed by atoms with van der Waals surface area (Å²) in [5.41, 5.74) is 6.90. The number of anilines is 1. The van der Waals surface area contributed by atoms with Crippen molar-refractivity contribution >= 4 is 11.6 Å². The standard InChI is InChI=1S/C13H17N3O/c1-10(15)3-2-4-13(17)16-12-7-5-11(9-14)6-8-12/h5-8,10H,2-4,15H2,1H3,(H,16,17). The minimum absolute atomic E-state index is 0.0182. The fourth-order valence-corrected chi connectivity index (χ4v) is 1.44. The molecule has 0 spiro atoms. The molecule has 3 N–H and O–H groups in total. The number of amides is 1. The first-order valence-electron chi connectivity index (χ1n) is 5.67. The Bertz CT molecular complexity index is 404. The van der Waals surface area contributed by atoms with Crippen LogP contribution in [0, 0.1) is 11.3 Å². The summed E-state index contributed by atoms with van der Waals surface area (Å²) in [5.74, 6) is -0.0182. The van der Waals surface area contributed by atoms with Gasteiger partial charge in [-0.3, -0.25) is 4.79 Å². The van der Waals surface area contributed by atoms with Crippen molar-refractivity contribution in [2.24, 2.45) is 5.73 Å². The van der Waals surface area contributed by atoms with Crippen LogP contribution in [0.4, 0.5) is 5.69 Å². The molecule has 1 amide bonds. The molecule has 90 valence electrons. The van der Waals surface area contributed by atoms with E-state index in [1.165, 1.54) is 0 Å². The van der Waals surface area contributed by atoms with Crippen LogP contribution >= 0.6 is 0 Å². The van der Waals surface area contributed by atoms with Crippen molar-refractivity contribution in [1.29, 1.82) is 5.26 Å². The molecule has 0 heterocycles. The third-order valence-corrected chi connectivity index (χ3v) is 2.36. The Hall–Kier alpha value is -1.86. The monoisotopic (exact) mass is 231 g/mol. The third kappa shape index (κ3) is 5.14. The maximum atomic E-state index is 11.5. The Kier molecular flexibility index (Phi) is 5.18. The van der Waals surface area contributed by atoms with E-state index in [-0.39, 0.29) is 11.9 Å². The van der Waals surface area contributed by atoms with Crippen LogP contribution in [0.1, 0.15) is 31.7 Å². The van der Waals surface area contributed by atoms with Gasteiger partial charge in [0, 0.05) is 18.2 Å². The van der Waals surface area contributed by atoms with E-state index in [1.807, 2.05) is 13.0 Å². The molecule has 0 saturated carbocycles. The Balaban J connectivity index is 2.37. The van der Waals surface area contributed by atoms with E-state index in [2.05, 4.69) is 5.32 Å². The maximum Gasteiger partial charge on any atom is 0.224 e. The number of nitriles is 1. The van der Waals surface area contributed by atoms with E-state index in [4.69, 9.17) is 11.0 Å². The van der Waals surface area contributed by atoms with E-state index in [1.54, 1.807) is 24.3 Å². The fourth-order valence-electron chi connectivity index (χ4n) is 1.44. The van der Waals surface area contributed by atoms with E-state index in [0.717, 1.165) is 18.5 Å². The lowest BCUT2D eigenvalue weighted by Gasteiger charge is -2.06. The van der Waals surface area contributed by atoms with Gasteiger partial charge in [0.1, 0.15) is 0 Å². The van der Waals surface area contributed by atoms with Gasteiger partial charge in [0.05, 0.1) is 11.6 Å². The molecule has 0 aliphatic carbocycles. The molecule has 0 saturated heterocycles. The molecule has 0 radical (unpaired) electrons. The lowest BCUT2D eigenvalue weighted by atomic mass is 10.1. The Morgan fingerprint density at radius 1 is 1.47 bits per heavy atom. The molecule has 4 heteroatoms. The van der Waals surface area contributed by atoms with E-state index in [9.17, 15) is 4.79 Å². The highest BCUT2D eigenvalue weighted by Crippen LogP contribution is 2.10. The average molecular weight is 231 g/mol. The zero-order valence-electron chi connectivity index (χ0n) is 9.94. The number of carbonyl (C=O) groups is 1. The molecule has 1 rings (SSSR count). The minimum Gasteiger partial charge on any atom is -0.328 e.